The van der Waals surface area contributed by atoms with Gasteiger partial charge < -0.3 is 9.47 Å². The lowest BCUT2D eigenvalue weighted by Crippen LogP contribution is -2.29. The SMILES string of the molecule is Cc1c(Cc2ccc(-c3cnn(C4CCOCC4)c3)nc2)cc2c(=O)n(C3CCOCC3)cnc2c1C. The number of pyridine rings is 1. The first-order valence-electron chi connectivity index (χ1n) is 13.2. The Morgan fingerprint density at radius 3 is 2.35 bits per heavy atom. The van der Waals surface area contributed by atoms with E-state index in [4.69, 9.17) is 19.4 Å². The number of hydrogen-bond donors (Lipinski definition) is 0. The van der Waals surface area contributed by atoms with Gasteiger partial charge >= 0.3 is 0 Å². The third kappa shape index (κ3) is 4.71. The smallest absolute Gasteiger partial charge is 0.261 e. The average Bonchev–Trinajstić information content (AvgIpc) is 3.44. The van der Waals surface area contributed by atoms with Crippen LogP contribution in [-0.4, -0.2) is 50.7 Å². The molecule has 6 rings (SSSR count). The van der Waals surface area contributed by atoms with E-state index < -0.39 is 0 Å². The summed E-state index contributed by atoms with van der Waals surface area (Å²) in [5.41, 5.74) is 7.25. The molecule has 0 spiro atoms. The van der Waals surface area contributed by atoms with E-state index >= 15 is 0 Å². The van der Waals surface area contributed by atoms with Crippen molar-refractivity contribution in [3.8, 4) is 11.3 Å². The van der Waals surface area contributed by atoms with Crippen LogP contribution in [0.2, 0.25) is 0 Å². The molecule has 0 unspecified atom stereocenters. The molecule has 0 aliphatic carbocycles. The maximum atomic E-state index is 13.5. The number of rotatable bonds is 5. The Morgan fingerprint density at radius 2 is 1.65 bits per heavy atom. The molecule has 0 radical (unpaired) electrons. The largest absolute Gasteiger partial charge is 0.381 e. The van der Waals surface area contributed by atoms with E-state index in [0.717, 1.165) is 72.4 Å². The molecule has 8 nitrogen and oxygen atoms in total. The van der Waals surface area contributed by atoms with Crippen LogP contribution in [0.25, 0.3) is 22.2 Å². The predicted molar refractivity (Wildman–Crippen MR) is 142 cm³/mol. The standard InChI is InChI=1S/C29H33N5O3/c1-19-20(2)28-26(29(35)33(18-31-28)24-5-9-36-10-6-24)14-22(19)13-21-3-4-27(30-15-21)23-16-32-34(17-23)25-7-11-37-12-8-25/h3-4,14-18,24-25H,5-13H2,1-2H3. The molecule has 2 aliphatic rings. The quantitative estimate of drug-likeness (QED) is 0.400. The maximum Gasteiger partial charge on any atom is 0.261 e. The molecule has 0 N–H and O–H groups in total. The lowest BCUT2D eigenvalue weighted by Gasteiger charge is -2.24. The van der Waals surface area contributed by atoms with E-state index in [1.54, 1.807) is 10.9 Å². The molecule has 5 heterocycles. The normalized spacial score (nSPS) is 17.5. The Labute approximate surface area is 216 Å². The zero-order chi connectivity index (χ0) is 25.4. The van der Waals surface area contributed by atoms with Crippen molar-refractivity contribution < 1.29 is 9.47 Å². The zero-order valence-corrected chi connectivity index (χ0v) is 21.5. The molecule has 2 aliphatic heterocycles. The second-order valence-electron chi connectivity index (χ2n) is 10.3. The van der Waals surface area contributed by atoms with Gasteiger partial charge in [0.25, 0.3) is 5.56 Å². The summed E-state index contributed by atoms with van der Waals surface area (Å²) in [4.78, 5) is 22.9. The van der Waals surface area contributed by atoms with Gasteiger partial charge in [-0.05, 0) is 80.3 Å². The molecule has 8 heteroatoms. The number of fused-ring (bicyclic) bond motifs is 1. The van der Waals surface area contributed by atoms with Crippen molar-refractivity contribution in [2.45, 2.75) is 58.0 Å². The highest BCUT2D eigenvalue weighted by Crippen LogP contribution is 2.27. The number of aryl methyl sites for hydroxylation is 1. The van der Waals surface area contributed by atoms with E-state index in [-0.39, 0.29) is 11.6 Å². The van der Waals surface area contributed by atoms with Gasteiger partial charge in [0.05, 0.1) is 35.2 Å². The van der Waals surface area contributed by atoms with Gasteiger partial charge in [-0.15, -0.1) is 0 Å². The Hall–Kier alpha value is -3.36. The van der Waals surface area contributed by atoms with Gasteiger partial charge in [-0.1, -0.05) is 6.07 Å². The first-order valence-corrected chi connectivity index (χ1v) is 13.2. The molecule has 4 aromatic rings. The molecule has 0 saturated carbocycles. The highest BCUT2D eigenvalue weighted by molar-refractivity contribution is 5.83. The van der Waals surface area contributed by atoms with Gasteiger partial charge in [0.2, 0.25) is 0 Å². The Morgan fingerprint density at radius 1 is 0.919 bits per heavy atom. The van der Waals surface area contributed by atoms with Crippen molar-refractivity contribution in [2.24, 2.45) is 0 Å². The summed E-state index contributed by atoms with van der Waals surface area (Å²) in [6.07, 6.45) is 12.0. The predicted octanol–water partition coefficient (Wildman–Crippen LogP) is 4.57. The van der Waals surface area contributed by atoms with E-state index in [1.165, 1.54) is 5.56 Å². The minimum absolute atomic E-state index is 0.0382. The molecule has 1 aromatic carbocycles. The third-order valence-electron chi connectivity index (χ3n) is 8.01. The molecular formula is C29H33N5O3. The topological polar surface area (TPSA) is 84.1 Å². The van der Waals surface area contributed by atoms with Crippen LogP contribution in [-0.2, 0) is 15.9 Å². The van der Waals surface area contributed by atoms with Gasteiger partial charge in [-0.3, -0.25) is 19.0 Å². The van der Waals surface area contributed by atoms with Crippen molar-refractivity contribution in [3.05, 3.63) is 75.7 Å². The molecule has 2 fully saturated rings. The van der Waals surface area contributed by atoms with Crippen LogP contribution in [0.5, 0.6) is 0 Å². The van der Waals surface area contributed by atoms with Crippen molar-refractivity contribution in [1.29, 1.82) is 0 Å². The summed E-state index contributed by atoms with van der Waals surface area (Å²) in [6, 6.07) is 6.76. The monoisotopic (exact) mass is 499 g/mol. The van der Waals surface area contributed by atoms with Crippen LogP contribution in [0.15, 0.2) is 47.9 Å². The number of benzene rings is 1. The fraction of sp³-hybridized carbons (Fsp3) is 0.448. The maximum absolute atomic E-state index is 13.5. The number of hydrogen-bond acceptors (Lipinski definition) is 6. The van der Waals surface area contributed by atoms with Crippen molar-refractivity contribution in [1.82, 2.24) is 24.3 Å². The van der Waals surface area contributed by atoms with E-state index in [1.807, 2.05) is 18.5 Å². The zero-order valence-electron chi connectivity index (χ0n) is 21.5. The van der Waals surface area contributed by atoms with Gasteiger partial charge in [0.15, 0.2) is 0 Å². The molecule has 2 saturated heterocycles. The van der Waals surface area contributed by atoms with Gasteiger partial charge in [-0.25, -0.2) is 4.98 Å². The van der Waals surface area contributed by atoms with Crippen LogP contribution in [0.4, 0.5) is 0 Å². The van der Waals surface area contributed by atoms with Crippen LogP contribution in [0.1, 0.15) is 60.0 Å². The van der Waals surface area contributed by atoms with Crippen LogP contribution >= 0.6 is 0 Å². The lowest BCUT2D eigenvalue weighted by molar-refractivity contribution is 0.0662. The van der Waals surface area contributed by atoms with E-state index in [0.29, 0.717) is 31.1 Å². The van der Waals surface area contributed by atoms with Crippen LogP contribution < -0.4 is 5.56 Å². The van der Waals surface area contributed by atoms with Crippen molar-refractivity contribution in [2.75, 3.05) is 26.4 Å². The minimum atomic E-state index is 0.0382. The summed E-state index contributed by atoms with van der Waals surface area (Å²) in [7, 11) is 0. The number of aromatic nitrogens is 5. The average molecular weight is 500 g/mol. The first kappa shape index (κ1) is 24.0. The Bertz CT molecular complexity index is 1460. The molecule has 0 amide bonds. The Kier molecular flexibility index (Phi) is 6.61. The fourth-order valence-electron chi connectivity index (χ4n) is 5.56. The molecular weight excluding hydrogens is 466 g/mol. The van der Waals surface area contributed by atoms with E-state index in [2.05, 4.69) is 42.0 Å². The highest BCUT2D eigenvalue weighted by atomic mass is 16.5. The summed E-state index contributed by atoms with van der Waals surface area (Å²) in [5.74, 6) is 0. The summed E-state index contributed by atoms with van der Waals surface area (Å²) < 4.78 is 14.8. The first-order chi connectivity index (χ1) is 18.1. The fourth-order valence-corrected chi connectivity index (χ4v) is 5.56. The molecule has 3 aromatic heterocycles. The van der Waals surface area contributed by atoms with Crippen LogP contribution in [0, 0.1) is 13.8 Å². The second kappa shape index (κ2) is 10.2. The molecule has 0 atom stereocenters. The summed E-state index contributed by atoms with van der Waals surface area (Å²) in [5, 5.41) is 5.27. The summed E-state index contributed by atoms with van der Waals surface area (Å²) >= 11 is 0. The van der Waals surface area contributed by atoms with Crippen LogP contribution in [0.3, 0.4) is 0 Å². The summed E-state index contributed by atoms with van der Waals surface area (Å²) in [6.45, 7) is 7.13. The third-order valence-corrected chi connectivity index (χ3v) is 8.01. The lowest BCUT2D eigenvalue weighted by atomic mass is 9.95. The van der Waals surface area contributed by atoms with Crippen molar-refractivity contribution in [3.63, 3.8) is 0 Å². The van der Waals surface area contributed by atoms with Gasteiger partial charge in [0, 0.05) is 50.4 Å². The number of ether oxygens (including phenoxy) is 2. The number of nitrogens with zero attached hydrogens (tertiary/aromatic N) is 5. The van der Waals surface area contributed by atoms with Gasteiger partial charge in [-0.2, -0.15) is 5.10 Å². The molecule has 0 bridgehead atoms. The molecule has 37 heavy (non-hydrogen) atoms. The Balaban J connectivity index is 1.26. The highest BCUT2D eigenvalue weighted by Gasteiger charge is 2.20. The van der Waals surface area contributed by atoms with E-state index in [9.17, 15) is 4.79 Å². The van der Waals surface area contributed by atoms with Gasteiger partial charge in [0.1, 0.15) is 0 Å². The second-order valence-corrected chi connectivity index (χ2v) is 10.3. The minimum Gasteiger partial charge on any atom is -0.381 e. The van der Waals surface area contributed by atoms with Crippen molar-refractivity contribution >= 4 is 10.9 Å². The molecule has 192 valence electrons.